The van der Waals surface area contributed by atoms with Crippen molar-refractivity contribution in [3.05, 3.63) is 58.9 Å². The fourth-order valence-electron chi connectivity index (χ4n) is 3.30. The van der Waals surface area contributed by atoms with E-state index in [9.17, 15) is 9.50 Å². The second-order valence-electron chi connectivity index (χ2n) is 6.59. The summed E-state index contributed by atoms with van der Waals surface area (Å²) < 4.78 is 14.2. The number of anilines is 2. The first kappa shape index (κ1) is 19.3. The number of H-pyrrole nitrogens is 1. The molecule has 0 spiro atoms. The Bertz CT molecular complexity index is 1090. The van der Waals surface area contributed by atoms with Gasteiger partial charge < -0.3 is 15.0 Å². The van der Waals surface area contributed by atoms with Crippen LogP contribution < -0.4 is 4.90 Å². The van der Waals surface area contributed by atoms with Crippen LogP contribution in [-0.2, 0) is 16.2 Å². The number of fused-ring (bicyclic) bond motifs is 1. The van der Waals surface area contributed by atoms with Crippen molar-refractivity contribution >= 4 is 28.6 Å². The van der Waals surface area contributed by atoms with Gasteiger partial charge in [0.2, 0.25) is 0 Å². The molecule has 6 nitrogen and oxygen atoms in total. The minimum Gasteiger partial charge on any atom is -0.392 e. The molecule has 1 fully saturated rings. The van der Waals surface area contributed by atoms with Gasteiger partial charge in [-0.1, -0.05) is 12.1 Å². The van der Waals surface area contributed by atoms with Crippen LogP contribution >= 0.6 is 0 Å². The van der Waals surface area contributed by atoms with E-state index in [1.165, 1.54) is 6.07 Å². The summed E-state index contributed by atoms with van der Waals surface area (Å²) in [6.07, 6.45) is 2.36. The summed E-state index contributed by atoms with van der Waals surface area (Å²) in [5.74, 6) is 0.537. The van der Waals surface area contributed by atoms with Crippen molar-refractivity contribution in [2.75, 3.05) is 4.90 Å². The van der Waals surface area contributed by atoms with Gasteiger partial charge in [-0.25, -0.2) is 4.39 Å². The van der Waals surface area contributed by atoms with E-state index < -0.39 is 5.82 Å². The van der Waals surface area contributed by atoms with Crippen LogP contribution in [0.4, 0.5) is 15.9 Å². The molecule has 1 saturated carbocycles. The van der Waals surface area contributed by atoms with E-state index in [-0.39, 0.29) is 12.8 Å². The average Bonchev–Trinajstić information content (AvgIpc) is 3.47. The van der Waals surface area contributed by atoms with Gasteiger partial charge in [-0.3, -0.25) is 0 Å². The van der Waals surface area contributed by atoms with E-state index in [2.05, 4.69) is 16.0 Å². The van der Waals surface area contributed by atoms with E-state index in [0.29, 0.717) is 17.2 Å². The molecule has 4 rings (SSSR count). The zero-order chi connectivity index (χ0) is 20.3. The van der Waals surface area contributed by atoms with Gasteiger partial charge in [0.1, 0.15) is 11.6 Å². The maximum absolute atomic E-state index is 14.2. The summed E-state index contributed by atoms with van der Waals surface area (Å²) in [5.41, 5.74) is 3.66. The van der Waals surface area contributed by atoms with Crippen molar-refractivity contribution in [1.82, 2.24) is 4.98 Å². The number of aromatic nitrogens is 1. The molecular weight excluding hydrogens is 361 g/mol. The number of aliphatic hydroxyl groups is 1. The van der Waals surface area contributed by atoms with Crippen LogP contribution in [0.5, 0.6) is 0 Å². The first-order chi connectivity index (χ1) is 13.5. The number of halogens is 1. The van der Waals surface area contributed by atoms with Crippen LogP contribution in [0.3, 0.4) is 0 Å². The second kappa shape index (κ2) is 8.05. The average molecular weight is 379 g/mol. The maximum atomic E-state index is 14.2. The van der Waals surface area contributed by atoms with Gasteiger partial charge in [-0.05, 0) is 49.6 Å². The third kappa shape index (κ3) is 3.65. The van der Waals surface area contributed by atoms with Gasteiger partial charge >= 0.3 is 6.15 Å². The molecule has 28 heavy (non-hydrogen) atoms. The quantitative estimate of drug-likeness (QED) is 0.720. The third-order valence-corrected chi connectivity index (χ3v) is 4.80. The largest absolute Gasteiger partial charge is 0.392 e. The van der Waals surface area contributed by atoms with Crippen molar-refractivity contribution < 1.29 is 19.1 Å². The summed E-state index contributed by atoms with van der Waals surface area (Å²) in [6.45, 7) is 1.73. The summed E-state index contributed by atoms with van der Waals surface area (Å²) in [4.78, 5) is 21.8. The van der Waals surface area contributed by atoms with E-state index >= 15 is 0 Å². The number of carbonyl (C=O) groups excluding carboxylic acids is 2. The van der Waals surface area contributed by atoms with Gasteiger partial charge in [0, 0.05) is 28.2 Å². The molecule has 1 aliphatic rings. The molecule has 0 unspecified atom stereocenters. The normalized spacial score (nSPS) is 12.6. The minimum absolute atomic E-state index is 0.250. The Balaban J connectivity index is 0.000000706. The molecule has 1 heterocycles. The van der Waals surface area contributed by atoms with Gasteiger partial charge in [0.25, 0.3) is 0 Å². The summed E-state index contributed by atoms with van der Waals surface area (Å²) in [6, 6.07) is 13.0. The molecule has 0 saturated heterocycles. The lowest BCUT2D eigenvalue weighted by atomic mass is 10.1. The Morgan fingerprint density at radius 2 is 1.96 bits per heavy atom. The molecule has 0 radical (unpaired) electrons. The number of aryl methyl sites for hydroxylation is 1. The number of nitriles is 1. The topological polar surface area (TPSA) is 97.2 Å². The number of aliphatic hydroxyl groups excluding tert-OH is 1. The van der Waals surface area contributed by atoms with E-state index in [1.54, 1.807) is 6.07 Å². The highest BCUT2D eigenvalue weighted by atomic mass is 19.1. The number of hydrogen-bond acceptors (Lipinski definition) is 5. The summed E-state index contributed by atoms with van der Waals surface area (Å²) in [7, 11) is 0. The van der Waals surface area contributed by atoms with E-state index in [0.717, 1.165) is 40.8 Å². The lowest BCUT2D eigenvalue weighted by Gasteiger charge is -2.24. The van der Waals surface area contributed by atoms with Gasteiger partial charge in [0.15, 0.2) is 0 Å². The van der Waals surface area contributed by atoms with Crippen molar-refractivity contribution in [3.63, 3.8) is 0 Å². The molecule has 1 aromatic heterocycles. The summed E-state index contributed by atoms with van der Waals surface area (Å²) in [5, 5.41) is 19.4. The number of nitrogens with one attached hydrogen (secondary N) is 1. The van der Waals surface area contributed by atoms with E-state index in [4.69, 9.17) is 14.9 Å². The Labute approximate surface area is 160 Å². The maximum Gasteiger partial charge on any atom is 0.373 e. The summed E-state index contributed by atoms with van der Waals surface area (Å²) >= 11 is 0. The van der Waals surface area contributed by atoms with Gasteiger partial charge in [-0.2, -0.15) is 14.9 Å². The van der Waals surface area contributed by atoms with Crippen LogP contribution in [0.15, 0.2) is 36.4 Å². The fourth-order valence-corrected chi connectivity index (χ4v) is 3.30. The second-order valence-corrected chi connectivity index (χ2v) is 6.59. The van der Waals surface area contributed by atoms with Crippen molar-refractivity contribution in [3.8, 4) is 6.07 Å². The molecule has 2 aromatic carbocycles. The predicted octanol–water partition coefficient (Wildman–Crippen LogP) is 3.70. The third-order valence-electron chi connectivity index (χ3n) is 4.80. The van der Waals surface area contributed by atoms with Crippen molar-refractivity contribution in [1.29, 1.82) is 5.26 Å². The number of benzene rings is 2. The fraction of sp³-hybridized carbons (Fsp3) is 0.238. The van der Waals surface area contributed by atoms with Crippen LogP contribution in [0, 0.1) is 24.1 Å². The number of rotatable bonds is 4. The van der Waals surface area contributed by atoms with Crippen molar-refractivity contribution in [2.24, 2.45) is 0 Å². The Morgan fingerprint density at radius 3 is 2.54 bits per heavy atom. The molecule has 0 atom stereocenters. The monoisotopic (exact) mass is 379 g/mol. The van der Waals surface area contributed by atoms with Crippen molar-refractivity contribution in [2.45, 2.75) is 32.4 Å². The van der Waals surface area contributed by atoms with Gasteiger partial charge in [0.05, 0.1) is 18.2 Å². The SMILES string of the molecule is Cc1c(N(c2ccc(CO)c(F)c2)C2CC2)[nH]c2cc(C#N)ccc12.O=C=O. The number of hydrogen-bond donors (Lipinski definition) is 2. The first-order valence-corrected chi connectivity index (χ1v) is 8.74. The Kier molecular flexibility index (Phi) is 5.55. The van der Waals surface area contributed by atoms with E-state index in [1.807, 2.05) is 31.2 Å². The highest BCUT2D eigenvalue weighted by Gasteiger charge is 2.33. The smallest absolute Gasteiger partial charge is 0.373 e. The molecular formula is C21H18FN3O3. The lowest BCUT2D eigenvalue weighted by molar-refractivity contribution is -0.191. The lowest BCUT2D eigenvalue weighted by Crippen LogP contribution is -2.21. The molecule has 3 aromatic rings. The molecule has 2 N–H and O–H groups in total. The van der Waals surface area contributed by atoms with Gasteiger partial charge in [-0.15, -0.1) is 0 Å². The highest BCUT2D eigenvalue weighted by molar-refractivity contribution is 5.91. The molecule has 7 heteroatoms. The first-order valence-electron chi connectivity index (χ1n) is 8.74. The molecule has 142 valence electrons. The standard InChI is InChI=1S/C20H18FN3O.CO2/c1-12-17-7-2-13(10-22)8-19(17)23-20(12)24(15-5-6-15)16-4-3-14(11-25)18(21)9-16;2-1-3/h2-4,7-9,15,23,25H,5-6,11H2,1H3;. The number of nitrogens with zero attached hydrogens (tertiary/aromatic N) is 2. The Hall–Kier alpha value is -3.46. The van der Waals surface area contributed by atoms with Crippen LogP contribution in [-0.4, -0.2) is 22.3 Å². The zero-order valence-corrected chi connectivity index (χ0v) is 15.2. The zero-order valence-electron chi connectivity index (χ0n) is 15.2. The van der Waals surface area contributed by atoms with Crippen LogP contribution in [0.2, 0.25) is 0 Å². The minimum atomic E-state index is -0.397. The molecule has 0 amide bonds. The molecule has 0 aliphatic heterocycles. The Morgan fingerprint density at radius 1 is 1.25 bits per heavy atom. The molecule has 1 aliphatic carbocycles. The van der Waals surface area contributed by atoms with Crippen LogP contribution in [0.1, 0.15) is 29.5 Å². The van der Waals surface area contributed by atoms with Crippen LogP contribution in [0.25, 0.3) is 10.9 Å². The predicted molar refractivity (Wildman–Crippen MR) is 100 cm³/mol. The number of aromatic amines is 1. The molecule has 0 bridgehead atoms. The highest BCUT2D eigenvalue weighted by Crippen LogP contribution is 2.41.